The molecule has 0 aliphatic carbocycles. The minimum Gasteiger partial charge on any atom is -0.390 e. The lowest BCUT2D eigenvalue weighted by atomic mass is 10.2. The van der Waals surface area contributed by atoms with Gasteiger partial charge >= 0.3 is 0 Å². The Morgan fingerprint density at radius 2 is 2.20 bits per heavy atom. The number of aliphatic hydroxyl groups is 1. The van der Waals surface area contributed by atoms with E-state index in [-0.39, 0.29) is 5.91 Å². The van der Waals surface area contributed by atoms with Gasteiger partial charge < -0.3 is 14.6 Å². The van der Waals surface area contributed by atoms with Crippen LogP contribution in [0.3, 0.4) is 0 Å². The van der Waals surface area contributed by atoms with Crippen molar-refractivity contribution in [3.63, 3.8) is 0 Å². The molecule has 0 saturated carbocycles. The van der Waals surface area contributed by atoms with Crippen molar-refractivity contribution in [1.82, 2.24) is 19.4 Å². The molecule has 2 aliphatic heterocycles. The highest BCUT2D eigenvalue weighted by molar-refractivity contribution is 9.10. The molecule has 110 valence electrons. The van der Waals surface area contributed by atoms with Crippen LogP contribution in [0.15, 0.2) is 10.8 Å². The van der Waals surface area contributed by atoms with Crippen LogP contribution < -0.4 is 0 Å². The Labute approximate surface area is 126 Å². The molecule has 0 spiro atoms. The minimum atomic E-state index is -0.484. The third-order valence-electron chi connectivity index (χ3n) is 3.97. The zero-order valence-electron chi connectivity index (χ0n) is 11.3. The van der Waals surface area contributed by atoms with E-state index in [2.05, 4.69) is 30.4 Å². The van der Waals surface area contributed by atoms with Gasteiger partial charge in [0, 0.05) is 39.1 Å². The number of β-amino-alcohol motifs (C(OH)–C–C–N with tert-alkyl or cyclic N) is 1. The van der Waals surface area contributed by atoms with Gasteiger partial charge in [0.15, 0.2) is 0 Å². The molecule has 0 bridgehead atoms. The van der Waals surface area contributed by atoms with Crippen LogP contribution in [0.5, 0.6) is 0 Å². The number of rotatable bonds is 4. The summed E-state index contributed by atoms with van der Waals surface area (Å²) in [5.41, 5.74) is 0. The molecule has 1 N–H and O–H groups in total. The van der Waals surface area contributed by atoms with Crippen LogP contribution in [0.4, 0.5) is 0 Å². The Bertz CT molecular complexity index is 505. The van der Waals surface area contributed by atoms with Crippen LogP contribution >= 0.6 is 15.9 Å². The van der Waals surface area contributed by atoms with Gasteiger partial charge in [-0.3, -0.25) is 9.69 Å². The number of aliphatic hydroxyl groups excluding tert-OH is 1. The number of aromatic nitrogens is 2. The van der Waals surface area contributed by atoms with Gasteiger partial charge in [-0.05, 0) is 22.4 Å². The van der Waals surface area contributed by atoms with E-state index in [0.29, 0.717) is 19.5 Å². The molecule has 6 nitrogen and oxygen atoms in total. The van der Waals surface area contributed by atoms with Crippen LogP contribution in [0.25, 0.3) is 0 Å². The molecule has 7 heteroatoms. The Kier molecular flexibility index (Phi) is 4.09. The average molecular weight is 343 g/mol. The first-order chi connectivity index (χ1) is 9.63. The number of carbonyl (C=O) groups excluding carboxylic acids is 1. The number of hydrogen-bond acceptors (Lipinski definition) is 4. The predicted molar refractivity (Wildman–Crippen MR) is 77.0 cm³/mol. The van der Waals surface area contributed by atoms with E-state index < -0.39 is 6.10 Å². The smallest absolute Gasteiger partial charge is 0.222 e. The summed E-state index contributed by atoms with van der Waals surface area (Å²) in [6, 6.07) is 0. The number of amides is 1. The molecule has 1 aromatic heterocycles. The van der Waals surface area contributed by atoms with Gasteiger partial charge in [-0.2, -0.15) is 0 Å². The van der Waals surface area contributed by atoms with Crippen LogP contribution in [-0.2, 0) is 17.9 Å². The molecule has 1 aromatic rings. The molecule has 1 atom stereocenters. The maximum Gasteiger partial charge on any atom is 0.222 e. The van der Waals surface area contributed by atoms with Gasteiger partial charge in [-0.25, -0.2) is 4.98 Å². The second-order valence-electron chi connectivity index (χ2n) is 5.48. The third kappa shape index (κ3) is 2.89. The molecule has 20 heavy (non-hydrogen) atoms. The number of fused-ring (bicyclic) bond motifs is 1. The fourth-order valence-electron chi connectivity index (χ4n) is 2.94. The first kappa shape index (κ1) is 14.0. The summed E-state index contributed by atoms with van der Waals surface area (Å²) in [5, 5.41) is 10.2. The third-order valence-corrected chi connectivity index (χ3v) is 4.60. The van der Waals surface area contributed by atoms with Crippen LogP contribution in [0.1, 0.15) is 18.7 Å². The fourth-order valence-corrected chi connectivity index (χ4v) is 3.42. The normalized spacial score (nSPS) is 21.3. The van der Waals surface area contributed by atoms with Crippen molar-refractivity contribution in [1.29, 1.82) is 0 Å². The highest BCUT2D eigenvalue weighted by atomic mass is 79.9. The lowest BCUT2D eigenvalue weighted by molar-refractivity contribution is -0.129. The van der Waals surface area contributed by atoms with E-state index in [9.17, 15) is 9.90 Å². The summed E-state index contributed by atoms with van der Waals surface area (Å²) in [5.74, 6) is 1.19. The van der Waals surface area contributed by atoms with Gasteiger partial charge in [0.05, 0.1) is 18.8 Å². The maximum atomic E-state index is 11.6. The van der Waals surface area contributed by atoms with Crippen molar-refractivity contribution in [2.45, 2.75) is 32.0 Å². The molecule has 0 aromatic carbocycles. The quantitative estimate of drug-likeness (QED) is 0.862. The highest BCUT2D eigenvalue weighted by Gasteiger charge is 2.25. The summed E-state index contributed by atoms with van der Waals surface area (Å²) in [6.45, 7) is 4.35. The molecule has 2 aliphatic rings. The molecule has 1 unspecified atom stereocenters. The van der Waals surface area contributed by atoms with E-state index in [1.165, 1.54) is 0 Å². The first-order valence-corrected chi connectivity index (χ1v) is 7.81. The zero-order chi connectivity index (χ0) is 14.1. The number of likely N-dealkylation sites (tertiary alicyclic amines) is 1. The number of imidazole rings is 1. The van der Waals surface area contributed by atoms with Gasteiger partial charge in [0.1, 0.15) is 10.4 Å². The van der Waals surface area contributed by atoms with Crippen LogP contribution in [0.2, 0.25) is 0 Å². The lowest BCUT2D eigenvalue weighted by Crippen LogP contribution is -2.43. The number of hydrogen-bond donors (Lipinski definition) is 1. The molecule has 3 rings (SSSR count). The summed E-state index contributed by atoms with van der Waals surface area (Å²) in [6.07, 6.45) is 2.88. The standard InChI is InChI=1S/C13H19BrN4O2/c14-11-6-15-12-9-16(4-5-18(11)12)7-10(19)8-17-3-1-2-13(17)20/h6,10,19H,1-5,7-9H2. The Balaban J connectivity index is 1.52. The van der Waals surface area contributed by atoms with E-state index in [1.807, 2.05) is 6.20 Å². The van der Waals surface area contributed by atoms with Crippen molar-refractivity contribution < 1.29 is 9.90 Å². The number of halogens is 1. The summed E-state index contributed by atoms with van der Waals surface area (Å²) in [4.78, 5) is 19.9. The molecular formula is C13H19BrN4O2. The first-order valence-electron chi connectivity index (χ1n) is 7.01. The van der Waals surface area contributed by atoms with E-state index in [4.69, 9.17) is 0 Å². The maximum absolute atomic E-state index is 11.6. The second-order valence-corrected chi connectivity index (χ2v) is 6.29. The van der Waals surface area contributed by atoms with Crippen molar-refractivity contribution in [3.05, 3.63) is 16.6 Å². The van der Waals surface area contributed by atoms with Gasteiger partial charge in [0.2, 0.25) is 5.91 Å². The van der Waals surface area contributed by atoms with Crippen molar-refractivity contribution in [2.24, 2.45) is 0 Å². The molecule has 1 amide bonds. The molecule has 1 fully saturated rings. The lowest BCUT2D eigenvalue weighted by Gasteiger charge is -2.30. The largest absolute Gasteiger partial charge is 0.390 e. The predicted octanol–water partition coefficient (Wildman–Crippen LogP) is 0.444. The fraction of sp³-hybridized carbons (Fsp3) is 0.692. The van der Waals surface area contributed by atoms with Gasteiger partial charge in [-0.1, -0.05) is 0 Å². The van der Waals surface area contributed by atoms with Crippen molar-refractivity contribution in [2.75, 3.05) is 26.2 Å². The van der Waals surface area contributed by atoms with Crippen LogP contribution in [-0.4, -0.2) is 62.6 Å². The minimum absolute atomic E-state index is 0.169. The molecule has 0 radical (unpaired) electrons. The Hall–Kier alpha value is -0.920. The van der Waals surface area contributed by atoms with Crippen LogP contribution in [0, 0.1) is 0 Å². The van der Waals surface area contributed by atoms with Crippen molar-refractivity contribution in [3.8, 4) is 0 Å². The van der Waals surface area contributed by atoms with E-state index in [0.717, 1.165) is 43.0 Å². The summed E-state index contributed by atoms with van der Waals surface area (Å²) >= 11 is 3.48. The summed E-state index contributed by atoms with van der Waals surface area (Å²) in [7, 11) is 0. The topological polar surface area (TPSA) is 61.6 Å². The molecule has 1 saturated heterocycles. The average Bonchev–Trinajstić information content (AvgIpc) is 2.97. The SMILES string of the molecule is O=C1CCCN1CC(O)CN1CCn2c(Br)cnc2C1. The second kappa shape index (κ2) is 5.83. The van der Waals surface area contributed by atoms with Gasteiger partial charge in [-0.15, -0.1) is 0 Å². The summed E-state index contributed by atoms with van der Waals surface area (Å²) < 4.78 is 3.16. The van der Waals surface area contributed by atoms with Gasteiger partial charge in [0.25, 0.3) is 0 Å². The number of carbonyl (C=O) groups is 1. The number of nitrogens with zero attached hydrogens (tertiary/aromatic N) is 4. The molecule has 3 heterocycles. The Morgan fingerprint density at radius 1 is 1.35 bits per heavy atom. The molecular weight excluding hydrogens is 324 g/mol. The zero-order valence-corrected chi connectivity index (χ0v) is 12.9. The monoisotopic (exact) mass is 342 g/mol. The Morgan fingerprint density at radius 3 is 2.95 bits per heavy atom. The van der Waals surface area contributed by atoms with Crippen molar-refractivity contribution >= 4 is 21.8 Å². The highest BCUT2D eigenvalue weighted by Crippen LogP contribution is 2.18. The van der Waals surface area contributed by atoms with E-state index in [1.54, 1.807) is 4.90 Å². The van der Waals surface area contributed by atoms with E-state index >= 15 is 0 Å².